The molecule has 0 fully saturated rings. The standard InChI is InChI=1S/C16H15ClN4O2S/c1-10-2-5-12(6-3-10)15(23)19-16(24)21-20-14(22)8-11-4-7-13(17)18-9-11/h2-7,9H,8H2,1H3,(H,20,22)(H2,19,21,23,24). The number of halogens is 1. The summed E-state index contributed by atoms with van der Waals surface area (Å²) < 4.78 is 0. The summed E-state index contributed by atoms with van der Waals surface area (Å²) in [6, 6.07) is 10.3. The van der Waals surface area contributed by atoms with Gasteiger partial charge in [0.15, 0.2) is 5.11 Å². The van der Waals surface area contributed by atoms with Crippen molar-refractivity contribution < 1.29 is 9.59 Å². The van der Waals surface area contributed by atoms with Gasteiger partial charge < -0.3 is 0 Å². The average Bonchev–Trinajstić information content (AvgIpc) is 2.55. The molecule has 0 unspecified atom stereocenters. The summed E-state index contributed by atoms with van der Waals surface area (Å²) in [5.74, 6) is -0.685. The third kappa shape index (κ3) is 5.60. The zero-order valence-electron chi connectivity index (χ0n) is 12.8. The van der Waals surface area contributed by atoms with Crippen LogP contribution in [0.15, 0.2) is 42.6 Å². The van der Waals surface area contributed by atoms with Gasteiger partial charge in [-0.1, -0.05) is 35.4 Å². The highest BCUT2D eigenvalue weighted by Gasteiger charge is 2.09. The summed E-state index contributed by atoms with van der Waals surface area (Å²) in [7, 11) is 0. The van der Waals surface area contributed by atoms with Crippen molar-refractivity contribution in [2.45, 2.75) is 13.3 Å². The molecule has 0 atom stereocenters. The molecule has 2 amide bonds. The van der Waals surface area contributed by atoms with Gasteiger partial charge in [0, 0.05) is 11.8 Å². The lowest BCUT2D eigenvalue weighted by Gasteiger charge is -2.11. The fraction of sp³-hybridized carbons (Fsp3) is 0.125. The predicted octanol–water partition coefficient (Wildman–Crippen LogP) is 1.92. The largest absolute Gasteiger partial charge is 0.298 e. The van der Waals surface area contributed by atoms with Crippen LogP contribution in [0.1, 0.15) is 21.5 Å². The number of hydrogen-bond donors (Lipinski definition) is 3. The molecule has 0 aliphatic carbocycles. The van der Waals surface area contributed by atoms with Crippen LogP contribution in [0.3, 0.4) is 0 Å². The van der Waals surface area contributed by atoms with Crippen molar-refractivity contribution in [1.29, 1.82) is 0 Å². The van der Waals surface area contributed by atoms with E-state index in [0.717, 1.165) is 5.56 Å². The normalized spacial score (nSPS) is 9.92. The van der Waals surface area contributed by atoms with E-state index in [0.29, 0.717) is 16.3 Å². The number of carbonyl (C=O) groups is 2. The molecule has 1 aromatic heterocycles. The van der Waals surface area contributed by atoms with Crippen molar-refractivity contribution in [3.63, 3.8) is 0 Å². The second kappa shape index (κ2) is 8.37. The number of nitrogens with zero attached hydrogens (tertiary/aromatic N) is 1. The summed E-state index contributed by atoms with van der Waals surface area (Å²) in [6.07, 6.45) is 1.62. The Kier molecular flexibility index (Phi) is 6.22. The Morgan fingerprint density at radius 3 is 2.46 bits per heavy atom. The lowest BCUT2D eigenvalue weighted by atomic mass is 10.1. The van der Waals surface area contributed by atoms with Gasteiger partial charge in [0.05, 0.1) is 6.42 Å². The Morgan fingerprint density at radius 2 is 1.83 bits per heavy atom. The van der Waals surface area contributed by atoms with Crippen molar-refractivity contribution in [2.75, 3.05) is 0 Å². The minimum Gasteiger partial charge on any atom is -0.298 e. The van der Waals surface area contributed by atoms with Crippen LogP contribution in [0, 0.1) is 6.92 Å². The van der Waals surface area contributed by atoms with Gasteiger partial charge in [-0.05, 0) is 42.9 Å². The third-order valence-corrected chi connectivity index (χ3v) is 3.44. The van der Waals surface area contributed by atoms with E-state index >= 15 is 0 Å². The quantitative estimate of drug-likeness (QED) is 0.441. The molecule has 0 aliphatic heterocycles. The minimum absolute atomic E-state index is 0.00292. The number of nitrogens with one attached hydrogen (secondary N) is 3. The summed E-state index contributed by atoms with van der Waals surface area (Å²) in [4.78, 5) is 27.6. The first-order valence-electron chi connectivity index (χ1n) is 7.01. The Morgan fingerprint density at radius 1 is 1.12 bits per heavy atom. The Balaban J connectivity index is 1.78. The SMILES string of the molecule is Cc1ccc(C(=O)NC(=S)NNC(=O)Cc2ccc(Cl)nc2)cc1. The van der Waals surface area contributed by atoms with E-state index in [-0.39, 0.29) is 23.3 Å². The average molecular weight is 363 g/mol. The Hall–Kier alpha value is -2.51. The molecule has 0 radical (unpaired) electrons. The molecule has 0 aliphatic rings. The number of benzene rings is 1. The second-order valence-corrected chi connectivity index (χ2v) is 5.78. The Labute approximate surface area is 149 Å². The van der Waals surface area contributed by atoms with Crippen LogP contribution in [0.5, 0.6) is 0 Å². The van der Waals surface area contributed by atoms with E-state index in [2.05, 4.69) is 21.2 Å². The van der Waals surface area contributed by atoms with Crippen LogP contribution in [0.2, 0.25) is 5.15 Å². The molecular formula is C16H15ClN4O2S. The maximum atomic E-state index is 12.0. The van der Waals surface area contributed by atoms with Gasteiger partial charge in [-0.2, -0.15) is 0 Å². The highest BCUT2D eigenvalue weighted by molar-refractivity contribution is 7.80. The van der Waals surface area contributed by atoms with Crippen molar-refractivity contribution in [3.8, 4) is 0 Å². The highest BCUT2D eigenvalue weighted by Crippen LogP contribution is 2.05. The molecule has 1 aromatic carbocycles. The van der Waals surface area contributed by atoms with E-state index in [1.165, 1.54) is 6.20 Å². The number of rotatable bonds is 3. The van der Waals surface area contributed by atoms with E-state index in [9.17, 15) is 9.59 Å². The zero-order chi connectivity index (χ0) is 17.5. The Bertz CT molecular complexity index is 748. The first kappa shape index (κ1) is 17.8. The predicted molar refractivity (Wildman–Crippen MR) is 95.5 cm³/mol. The van der Waals surface area contributed by atoms with Crippen LogP contribution in [0.25, 0.3) is 0 Å². The van der Waals surface area contributed by atoms with Crippen molar-refractivity contribution in [2.24, 2.45) is 0 Å². The first-order valence-corrected chi connectivity index (χ1v) is 7.80. The number of hydrazine groups is 1. The highest BCUT2D eigenvalue weighted by atomic mass is 35.5. The van der Waals surface area contributed by atoms with Crippen molar-refractivity contribution in [3.05, 3.63) is 64.4 Å². The number of pyridine rings is 1. The van der Waals surface area contributed by atoms with Gasteiger partial charge in [0.25, 0.3) is 5.91 Å². The molecule has 2 aromatic rings. The van der Waals surface area contributed by atoms with Crippen LogP contribution < -0.4 is 16.2 Å². The molecule has 0 spiro atoms. The van der Waals surface area contributed by atoms with Crippen LogP contribution in [-0.2, 0) is 11.2 Å². The monoisotopic (exact) mass is 362 g/mol. The number of carbonyl (C=O) groups excluding carboxylic acids is 2. The summed E-state index contributed by atoms with van der Waals surface area (Å²) in [6.45, 7) is 1.93. The second-order valence-electron chi connectivity index (χ2n) is 4.99. The fourth-order valence-corrected chi connectivity index (χ4v) is 2.03. The summed E-state index contributed by atoms with van der Waals surface area (Å²) >= 11 is 10.6. The molecule has 2 rings (SSSR count). The minimum atomic E-state index is -0.358. The number of hydrogen-bond acceptors (Lipinski definition) is 4. The molecule has 1 heterocycles. The molecule has 0 saturated carbocycles. The molecule has 124 valence electrons. The van der Waals surface area contributed by atoms with Crippen molar-refractivity contribution >= 4 is 40.7 Å². The summed E-state index contributed by atoms with van der Waals surface area (Å²) in [5.41, 5.74) is 7.11. The third-order valence-electron chi connectivity index (χ3n) is 3.01. The van der Waals surface area contributed by atoms with Crippen molar-refractivity contribution in [1.82, 2.24) is 21.2 Å². The van der Waals surface area contributed by atoms with Crippen LogP contribution in [0.4, 0.5) is 0 Å². The number of amides is 2. The van der Waals surface area contributed by atoms with E-state index in [1.54, 1.807) is 24.3 Å². The maximum absolute atomic E-state index is 12.0. The van der Waals surface area contributed by atoms with Gasteiger partial charge >= 0.3 is 0 Å². The van der Waals surface area contributed by atoms with Gasteiger partial charge in [-0.25, -0.2) is 4.98 Å². The smallest absolute Gasteiger partial charge is 0.257 e. The lowest BCUT2D eigenvalue weighted by Crippen LogP contribution is -2.48. The van der Waals surface area contributed by atoms with E-state index < -0.39 is 0 Å². The lowest BCUT2D eigenvalue weighted by molar-refractivity contribution is -0.121. The first-order chi connectivity index (χ1) is 11.4. The van der Waals surface area contributed by atoms with E-state index in [1.807, 2.05) is 19.1 Å². The topological polar surface area (TPSA) is 83.1 Å². The molecular weight excluding hydrogens is 348 g/mol. The number of aryl methyl sites for hydroxylation is 1. The molecule has 8 heteroatoms. The van der Waals surface area contributed by atoms with Gasteiger partial charge in [-0.15, -0.1) is 0 Å². The molecule has 0 saturated heterocycles. The van der Waals surface area contributed by atoms with Crippen LogP contribution >= 0.6 is 23.8 Å². The fourth-order valence-electron chi connectivity index (χ4n) is 1.78. The molecule has 0 bridgehead atoms. The van der Waals surface area contributed by atoms with Gasteiger partial charge in [-0.3, -0.25) is 25.8 Å². The zero-order valence-corrected chi connectivity index (χ0v) is 14.4. The summed E-state index contributed by atoms with van der Waals surface area (Å²) in [5, 5.41) is 2.84. The van der Waals surface area contributed by atoms with E-state index in [4.69, 9.17) is 23.8 Å². The van der Waals surface area contributed by atoms with Gasteiger partial charge in [0.1, 0.15) is 5.15 Å². The maximum Gasteiger partial charge on any atom is 0.257 e. The number of thiocarbonyl (C=S) groups is 1. The molecule has 6 nitrogen and oxygen atoms in total. The van der Waals surface area contributed by atoms with Gasteiger partial charge in [0.2, 0.25) is 5.91 Å². The van der Waals surface area contributed by atoms with Crippen LogP contribution in [-0.4, -0.2) is 21.9 Å². The molecule has 24 heavy (non-hydrogen) atoms. The molecule has 3 N–H and O–H groups in total. The number of aromatic nitrogens is 1.